The van der Waals surface area contributed by atoms with Gasteiger partial charge in [0.05, 0.1) is 32.7 Å². The van der Waals surface area contributed by atoms with Crippen molar-refractivity contribution in [1.82, 2.24) is 4.98 Å². The molecule has 3 amide bonds. The quantitative estimate of drug-likeness (QED) is 0.233. The van der Waals surface area contributed by atoms with Crippen molar-refractivity contribution in [2.45, 2.75) is 37.8 Å². The van der Waals surface area contributed by atoms with E-state index >= 15 is 0 Å². The number of carbonyl (C=O) groups excluding carboxylic acids is 3. The number of nitrogens with two attached hydrogens (primary N) is 1. The highest BCUT2D eigenvalue weighted by Crippen LogP contribution is 2.51. The standard InChI is InChI=1S/C25H18Cl2F4N4O3S/c26-14-6-4-13(10-16(14)28)35(22(38)24(7-8-24)21(32)37)23-34-18(11-1-2-11)19(39-23)20(36)33-17-9-12(25(29,30)31)3-5-15(17)27/h3-6,9-11H,1-2,7-8H2,(H2,32,37)(H,33,36). The summed E-state index contributed by atoms with van der Waals surface area (Å²) in [5.74, 6) is -3.32. The molecule has 0 spiro atoms. The van der Waals surface area contributed by atoms with E-state index in [0.717, 1.165) is 40.5 Å². The third-order valence-corrected chi connectivity index (χ3v) is 8.23. The number of alkyl halides is 3. The molecule has 14 heteroatoms. The van der Waals surface area contributed by atoms with Gasteiger partial charge in [0.2, 0.25) is 11.8 Å². The summed E-state index contributed by atoms with van der Waals surface area (Å²) in [5.41, 5.74) is 3.08. The second-order valence-corrected chi connectivity index (χ2v) is 11.1. The van der Waals surface area contributed by atoms with Crippen LogP contribution in [0.4, 0.5) is 34.1 Å². The Morgan fingerprint density at radius 1 is 1.08 bits per heavy atom. The third-order valence-electron chi connectivity index (χ3n) is 6.54. The van der Waals surface area contributed by atoms with Gasteiger partial charge in [-0.3, -0.25) is 19.3 Å². The molecule has 3 aromatic rings. The number of aromatic nitrogens is 1. The van der Waals surface area contributed by atoms with Gasteiger partial charge in [-0.05, 0) is 62.1 Å². The Morgan fingerprint density at radius 2 is 1.74 bits per heavy atom. The number of thiazole rings is 1. The Morgan fingerprint density at radius 3 is 2.31 bits per heavy atom. The van der Waals surface area contributed by atoms with E-state index in [-0.39, 0.29) is 50.2 Å². The first-order valence-corrected chi connectivity index (χ1v) is 13.2. The largest absolute Gasteiger partial charge is 0.416 e. The number of primary amides is 1. The molecule has 0 saturated heterocycles. The van der Waals surface area contributed by atoms with E-state index in [0.29, 0.717) is 18.5 Å². The molecule has 7 nitrogen and oxygen atoms in total. The number of hydrogen-bond donors (Lipinski definition) is 2. The van der Waals surface area contributed by atoms with Gasteiger partial charge in [0.1, 0.15) is 16.1 Å². The Labute approximate surface area is 232 Å². The Bertz CT molecular complexity index is 1520. The highest BCUT2D eigenvalue weighted by atomic mass is 35.5. The van der Waals surface area contributed by atoms with Crippen molar-refractivity contribution in [1.29, 1.82) is 0 Å². The fraction of sp³-hybridized carbons (Fsp3) is 0.280. The molecular weight excluding hydrogens is 583 g/mol. The van der Waals surface area contributed by atoms with Crippen LogP contribution in [0.25, 0.3) is 0 Å². The molecule has 0 atom stereocenters. The van der Waals surface area contributed by atoms with Crippen LogP contribution in [-0.4, -0.2) is 22.7 Å². The van der Waals surface area contributed by atoms with Crippen molar-refractivity contribution < 1.29 is 31.9 Å². The van der Waals surface area contributed by atoms with E-state index in [2.05, 4.69) is 10.3 Å². The van der Waals surface area contributed by atoms with Crippen LogP contribution < -0.4 is 16.0 Å². The smallest absolute Gasteiger partial charge is 0.369 e. The molecule has 2 fully saturated rings. The van der Waals surface area contributed by atoms with Gasteiger partial charge in [-0.25, -0.2) is 9.37 Å². The lowest BCUT2D eigenvalue weighted by Crippen LogP contribution is -2.41. The van der Waals surface area contributed by atoms with Crippen LogP contribution in [0.5, 0.6) is 0 Å². The number of halogens is 6. The van der Waals surface area contributed by atoms with Crippen LogP contribution in [0.15, 0.2) is 36.4 Å². The first-order valence-electron chi connectivity index (χ1n) is 11.6. The summed E-state index contributed by atoms with van der Waals surface area (Å²) in [6.45, 7) is 0. The summed E-state index contributed by atoms with van der Waals surface area (Å²) < 4.78 is 54.0. The normalized spacial score (nSPS) is 16.1. The number of carbonyl (C=O) groups is 3. The van der Waals surface area contributed by atoms with Gasteiger partial charge < -0.3 is 11.1 Å². The first-order chi connectivity index (χ1) is 18.3. The van der Waals surface area contributed by atoms with Gasteiger partial charge in [-0.15, -0.1) is 0 Å². The molecule has 2 aliphatic rings. The highest BCUT2D eigenvalue weighted by molar-refractivity contribution is 7.18. The lowest BCUT2D eigenvalue weighted by molar-refractivity contribution is -0.137. The van der Waals surface area contributed by atoms with Gasteiger partial charge in [0.15, 0.2) is 5.13 Å². The van der Waals surface area contributed by atoms with Crippen molar-refractivity contribution in [3.63, 3.8) is 0 Å². The molecular formula is C25H18Cl2F4N4O3S. The summed E-state index contributed by atoms with van der Waals surface area (Å²) in [6, 6.07) is 6.12. The monoisotopic (exact) mass is 600 g/mol. The molecule has 1 heterocycles. The molecule has 5 rings (SSSR count). The van der Waals surface area contributed by atoms with Gasteiger partial charge in [-0.2, -0.15) is 13.2 Å². The van der Waals surface area contributed by atoms with E-state index < -0.39 is 40.7 Å². The third kappa shape index (κ3) is 5.20. The maximum Gasteiger partial charge on any atom is 0.416 e. The number of benzene rings is 2. The van der Waals surface area contributed by atoms with Gasteiger partial charge in [0, 0.05) is 5.92 Å². The minimum absolute atomic E-state index is 0.0124. The summed E-state index contributed by atoms with van der Waals surface area (Å²) in [6.07, 6.45) is -2.88. The van der Waals surface area contributed by atoms with Crippen LogP contribution >= 0.6 is 34.5 Å². The predicted molar refractivity (Wildman–Crippen MR) is 138 cm³/mol. The summed E-state index contributed by atoms with van der Waals surface area (Å²) in [7, 11) is 0. The molecule has 2 aromatic carbocycles. The van der Waals surface area contributed by atoms with E-state index in [1.165, 1.54) is 12.1 Å². The topological polar surface area (TPSA) is 105 Å². The molecule has 2 saturated carbocycles. The maximum absolute atomic E-state index is 14.4. The van der Waals surface area contributed by atoms with Gasteiger partial charge in [0.25, 0.3) is 5.91 Å². The lowest BCUT2D eigenvalue weighted by Gasteiger charge is -2.24. The van der Waals surface area contributed by atoms with E-state index in [1.54, 1.807) is 0 Å². The average Bonchev–Trinajstić information content (AvgIpc) is 3.79. The second-order valence-electron chi connectivity index (χ2n) is 9.32. The molecule has 39 heavy (non-hydrogen) atoms. The van der Waals surface area contributed by atoms with E-state index in [4.69, 9.17) is 28.9 Å². The molecule has 3 N–H and O–H groups in total. The number of anilines is 3. The first kappa shape index (κ1) is 27.4. The molecule has 0 radical (unpaired) electrons. The van der Waals surface area contributed by atoms with Gasteiger partial charge in [-0.1, -0.05) is 34.5 Å². The highest BCUT2D eigenvalue weighted by Gasteiger charge is 2.58. The minimum atomic E-state index is -4.66. The fourth-order valence-electron chi connectivity index (χ4n) is 4.03. The zero-order valence-corrected chi connectivity index (χ0v) is 22.1. The van der Waals surface area contributed by atoms with Crippen molar-refractivity contribution in [3.05, 3.63) is 68.4 Å². The molecule has 2 aliphatic carbocycles. The number of amides is 3. The summed E-state index contributed by atoms with van der Waals surface area (Å²) in [4.78, 5) is 44.7. The number of nitrogens with zero attached hydrogens (tertiary/aromatic N) is 2. The predicted octanol–water partition coefficient (Wildman–Crippen LogP) is 6.67. The molecule has 0 bridgehead atoms. The van der Waals surface area contributed by atoms with Crippen molar-refractivity contribution in [3.8, 4) is 0 Å². The molecule has 204 valence electrons. The van der Waals surface area contributed by atoms with Crippen molar-refractivity contribution >= 4 is 68.8 Å². The van der Waals surface area contributed by atoms with Crippen LogP contribution in [0.3, 0.4) is 0 Å². The number of nitrogens with one attached hydrogen (secondary N) is 1. The van der Waals surface area contributed by atoms with Crippen LogP contribution in [-0.2, 0) is 15.8 Å². The van der Waals surface area contributed by atoms with Crippen LogP contribution in [0.1, 0.15) is 52.5 Å². The Balaban J connectivity index is 1.56. The maximum atomic E-state index is 14.4. The number of rotatable bonds is 7. The lowest BCUT2D eigenvalue weighted by atomic mass is 10.0. The van der Waals surface area contributed by atoms with Crippen LogP contribution in [0.2, 0.25) is 10.0 Å². The number of hydrogen-bond acceptors (Lipinski definition) is 5. The van der Waals surface area contributed by atoms with E-state index in [9.17, 15) is 31.9 Å². The van der Waals surface area contributed by atoms with E-state index in [1.807, 2.05) is 0 Å². The fourth-order valence-corrected chi connectivity index (χ4v) is 5.38. The van der Waals surface area contributed by atoms with Crippen molar-refractivity contribution in [2.24, 2.45) is 11.1 Å². The summed E-state index contributed by atoms with van der Waals surface area (Å²) >= 11 is 12.6. The molecule has 0 unspecified atom stereocenters. The minimum Gasteiger partial charge on any atom is -0.369 e. The van der Waals surface area contributed by atoms with Crippen LogP contribution in [0, 0.1) is 11.2 Å². The van der Waals surface area contributed by atoms with Crippen molar-refractivity contribution in [2.75, 3.05) is 10.2 Å². The Kier molecular flexibility index (Phi) is 6.84. The second kappa shape index (κ2) is 9.76. The summed E-state index contributed by atoms with van der Waals surface area (Å²) in [5, 5.41) is 2.07. The zero-order valence-electron chi connectivity index (χ0n) is 19.7. The average molecular weight is 601 g/mol. The SMILES string of the molecule is NC(=O)C1(C(=O)N(c2ccc(Cl)c(F)c2)c2nc(C3CC3)c(C(=O)Nc3cc(C(F)(F)F)ccc3Cl)s2)CC1. The van der Waals surface area contributed by atoms with Gasteiger partial charge >= 0.3 is 6.18 Å². The Hall–Kier alpha value is -3.22. The zero-order chi connectivity index (χ0) is 28.3. The molecule has 1 aromatic heterocycles. The molecule has 0 aliphatic heterocycles.